The van der Waals surface area contributed by atoms with Gasteiger partial charge in [-0.2, -0.15) is 0 Å². The normalized spacial score (nSPS) is 14.1. The molecule has 1 N–H and O–H groups in total. The summed E-state index contributed by atoms with van der Waals surface area (Å²) in [6, 6.07) is 7.60. The lowest BCUT2D eigenvalue weighted by Crippen LogP contribution is -2.26. The molecule has 6 heteroatoms. The lowest BCUT2D eigenvalue weighted by Gasteiger charge is -2.20. The van der Waals surface area contributed by atoms with Crippen LogP contribution in [0.25, 0.3) is 0 Å². The number of aryl methyl sites for hydroxylation is 1. The molecular weight excluding hydrogens is 298 g/mol. The topological polar surface area (TPSA) is 72.0 Å². The second-order valence-corrected chi connectivity index (χ2v) is 5.61. The van der Waals surface area contributed by atoms with Gasteiger partial charge in [0, 0.05) is 11.9 Å². The number of thioether (sulfide) groups is 1. The standard InChI is InChI=1S/C16H13N3O2S/c1-9-5-3-4-6-11(9)19-13-14(20)10-7-17-8-18-12(10)15(21)16(13)22-2/h3-8,19H,1-2H3. The summed E-state index contributed by atoms with van der Waals surface area (Å²) >= 11 is 1.24. The predicted molar refractivity (Wildman–Crippen MR) is 86.0 cm³/mol. The highest BCUT2D eigenvalue weighted by Gasteiger charge is 2.33. The van der Waals surface area contributed by atoms with Crippen LogP contribution in [0.15, 0.2) is 47.4 Å². The van der Waals surface area contributed by atoms with Gasteiger partial charge in [-0.3, -0.25) is 9.59 Å². The van der Waals surface area contributed by atoms with Crippen LogP contribution in [-0.2, 0) is 0 Å². The van der Waals surface area contributed by atoms with E-state index in [-0.39, 0.29) is 28.5 Å². The van der Waals surface area contributed by atoms with Gasteiger partial charge in [0.1, 0.15) is 17.7 Å². The number of ketones is 2. The molecule has 1 aliphatic carbocycles. The van der Waals surface area contributed by atoms with Gasteiger partial charge in [0.25, 0.3) is 0 Å². The number of carbonyl (C=O) groups excluding carboxylic acids is 2. The third kappa shape index (κ3) is 2.31. The van der Waals surface area contributed by atoms with Crippen molar-refractivity contribution in [2.45, 2.75) is 6.92 Å². The Hall–Kier alpha value is -2.47. The van der Waals surface area contributed by atoms with Crippen molar-refractivity contribution in [3.05, 3.63) is 64.2 Å². The van der Waals surface area contributed by atoms with E-state index >= 15 is 0 Å². The lowest BCUT2D eigenvalue weighted by molar-refractivity contribution is 0.0978. The number of rotatable bonds is 3. The van der Waals surface area contributed by atoms with E-state index in [0.717, 1.165) is 11.3 Å². The van der Waals surface area contributed by atoms with E-state index in [0.29, 0.717) is 4.91 Å². The van der Waals surface area contributed by atoms with E-state index in [4.69, 9.17) is 0 Å². The number of hydrogen-bond acceptors (Lipinski definition) is 6. The summed E-state index contributed by atoms with van der Waals surface area (Å²) in [7, 11) is 0. The monoisotopic (exact) mass is 311 g/mol. The van der Waals surface area contributed by atoms with Crippen molar-refractivity contribution >= 4 is 29.0 Å². The molecule has 1 aromatic heterocycles. The zero-order valence-corrected chi connectivity index (χ0v) is 12.9. The average molecular weight is 311 g/mol. The maximum absolute atomic E-state index is 12.7. The number of carbonyl (C=O) groups is 2. The Balaban J connectivity index is 2.11. The number of fused-ring (bicyclic) bond motifs is 1. The number of nitrogens with one attached hydrogen (secondary N) is 1. The molecule has 0 radical (unpaired) electrons. The molecule has 0 fully saturated rings. The quantitative estimate of drug-likeness (QED) is 0.939. The van der Waals surface area contributed by atoms with Crippen molar-refractivity contribution in [2.24, 2.45) is 0 Å². The molecule has 1 heterocycles. The first-order valence-corrected chi connectivity index (χ1v) is 7.86. The van der Waals surface area contributed by atoms with Crippen LogP contribution in [0.5, 0.6) is 0 Å². The highest BCUT2D eigenvalue weighted by molar-refractivity contribution is 8.03. The minimum atomic E-state index is -0.261. The third-order valence-electron chi connectivity index (χ3n) is 3.44. The van der Waals surface area contributed by atoms with Crippen LogP contribution < -0.4 is 5.32 Å². The fourth-order valence-corrected chi connectivity index (χ4v) is 2.92. The molecule has 0 saturated heterocycles. The number of benzene rings is 1. The molecule has 0 unspecified atom stereocenters. The highest BCUT2D eigenvalue weighted by Crippen LogP contribution is 2.31. The van der Waals surface area contributed by atoms with Crippen LogP contribution in [0.1, 0.15) is 26.4 Å². The Kier molecular flexibility index (Phi) is 3.77. The largest absolute Gasteiger partial charge is 0.351 e. The van der Waals surface area contributed by atoms with Crippen LogP contribution in [0.4, 0.5) is 5.69 Å². The van der Waals surface area contributed by atoms with Gasteiger partial charge in [0.15, 0.2) is 0 Å². The first kappa shape index (κ1) is 14.5. The van der Waals surface area contributed by atoms with Gasteiger partial charge in [-0.15, -0.1) is 11.8 Å². The zero-order chi connectivity index (χ0) is 15.7. The molecule has 0 saturated carbocycles. The number of hydrogen-bond donors (Lipinski definition) is 1. The molecule has 0 spiro atoms. The average Bonchev–Trinajstić information content (AvgIpc) is 2.54. The molecule has 1 aliphatic rings. The minimum absolute atomic E-state index is 0.166. The number of para-hydroxylation sites is 1. The Morgan fingerprint density at radius 1 is 1.14 bits per heavy atom. The molecule has 0 amide bonds. The summed E-state index contributed by atoms with van der Waals surface area (Å²) < 4.78 is 0. The number of aromatic nitrogens is 2. The fourth-order valence-electron chi connectivity index (χ4n) is 2.29. The third-order valence-corrected chi connectivity index (χ3v) is 4.24. The molecule has 1 aromatic carbocycles. The summed E-state index contributed by atoms with van der Waals surface area (Å²) in [4.78, 5) is 33.4. The van der Waals surface area contributed by atoms with Gasteiger partial charge in [-0.1, -0.05) is 18.2 Å². The number of nitrogens with zero attached hydrogens (tertiary/aromatic N) is 2. The van der Waals surface area contributed by atoms with Crippen molar-refractivity contribution in [1.82, 2.24) is 9.97 Å². The molecule has 110 valence electrons. The van der Waals surface area contributed by atoms with Crippen molar-refractivity contribution < 1.29 is 9.59 Å². The lowest BCUT2D eigenvalue weighted by atomic mass is 9.98. The molecule has 0 atom stereocenters. The van der Waals surface area contributed by atoms with Crippen molar-refractivity contribution in [1.29, 1.82) is 0 Å². The minimum Gasteiger partial charge on any atom is -0.351 e. The van der Waals surface area contributed by atoms with Gasteiger partial charge in [-0.25, -0.2) is 9.97 Å². The second kappa shape index (κ2) is 5.73. The van der Waals surface area contributed by atoms with Gasteiger partial charge >= 0.3 is 0 Å². The van der Waals surface area contributed by atoms with Gasteiger partial charge in [0.2, 0.25) is 11.6 Å². The van der Waals surface area contributed by atoms with Gasteiger partial charge in [-0.05, 0) is 24.8 Å². The fraction of sp³-hybridized carbons (Fsp3) is 0.125. The van der Waals surface area contributed by atoms with E-state index in [1.807, 2.05) is 31.2 Å². The van der Waals surface area contributed by atoms with Crippen molar-refractivity contribution in [3.63, 3.8) is 0 Å². The molecular formula is C16H13N3O2S. The van der Waals surface area contributed by atoms with Crippen LogP contribution in [-0.4, -0.2) is 27.8 Å². The summed E-state index contributed by atoms with van der Waals surface area (Å²) in [5, 5.41) is 3.10. The first-order chi connectivity index (χ1) is 10.6. The Labute approximate surface area is 131 Å². The Morgan fingerprint density at radius 3 is 2.64 bits per heavy atom. The van der Waals surface area contributed by atoms with Crippen LogP contribution in [0.2, 0.25) is 0 Å². The molecule has 2 aromatic rings. The van der Waals surface area contributed by atoms with Crippen LogP contribution in [0, 0.1) is 6.92 Å². The highest BCUT2D eigenvalue weighted by atomic mass is 32.2. The molecule has 22 heavy (non-hydrogen) atoms. The predicted octanol–water partition coefficient (Wildman–Crippen LogP) is 2.85. The van der Waals surface area contributed by atoms with Crippen molar-refractivity contribution in [2.75, 3.05) is 11.6 Å². The van der Waals surface area contributed by atoms with E-state index in [1.165, 1.54) is 24.3 Å². The van der Waals surface area contributed by atoms with Crippen LogP contribution >= 0.6 is 11.8 Å². The zero-order valence-electron chi connectivity index (χ0n) is 12.1. The number of anilines is 1. The summed E-state index contributed by atoms with van der Waals surface area (Å²) in [5.41, 5.74) is 2.48. The van der Waals surface area contributed by atoms with E-state index in [2.05, 4.69) is 15.3 Å². The smallest absolute Gasteiger partial charge is 0.220 e. The van der Waals surface area contributed by atoms with E-state index in [1.54, 1.807) is 6.26 Å². The number of Topliss-reactive ketones (excluding diaryl/α,β-unsaturated/α-hetero) is 2. The Morgan fingerprint density at radius 2 is 1.91 bits per heavy atom. The first-order valence-electron chi connectivity index (χ1n) is 6.63. The summed E-state index contributed by atoms with van der Waals surface area (Å²) in [6.07, 6.45) is 4.44. The Bertz CT molecular complexity index is 815. The summed E-state index contributed by atoms with van der Waals surface area (Å²) in [6.45, 7) is 1.94. The van der Waals surface area contributed by atoms with E-state index in [9.17, 15) is 9.59 Å². The van der Waals surface area contributed by atoms with Gasteiger partial charge < -0.3 is 5.32 Å². The van der Waals surface area contributed by atoms with Crippen LogP contribution in [0.3, 0.4) is 0 Å². The maximum atomic E-state index is 12.7. The molecule has 5 nitrogen and oxygen atoms in total. The maximum Gasteiger partial charge on any atom is 0.220 e. The second-order valence-electron chi connectivity index (χ2n) is 4.79. The molecule has 0 aliphatic heterocycles. The number of allylic oxidation sites excluding steroid dienone is 2. The van der Waals surface area contributed by atoms with E-state index < -0.39 is 0 Å². The SMILES string of the molecule is CSC1=C(Nc2ccccc2C)C(=O)c2cncnc2C1=O. The van der Waals surface area contributed by atoms with Gasteiger partial charge in [0.05, 0.1) is 10.5 Å². The van der Waals surface area contributed by atoms with Crippen molar-refractivity contribution in [3.8, 4) is 0 Å². The molecule has 3 rings (SSSR count). The summed E-state index contributed by atoms with van der Waals surface area (Å²) in [5.74, 6) is -0.511. The molecule has 0 bridgehead atoms.